The molecule has 0 unspecified atom stereocenters. The van der Waals surface area contributed by atoms with E-state index in [0.29, 0.717) is 49.5 Å². The average Bonchev–Trinajstić information content (AvgIpc) is 3.16. The lowest BCUT2D eigenvalue weighted by molar-refractivity contribution is 0.0303. The molecule has 2 aliphatic rings. The van der Waals surface area contributed by atoms with Crippen molar-refractivity contribution < 1.29 is 14.3 Å². The highest BCUT2D eigenvalue weighted by atomic mass is 16.5. The molecule has 30 heavy (non-hydrogen) atoms. The molecular formula is C24H21N3O3. The summed E-state index contributed by atoms with van der Waals surface area (Å²) in [7, 11) is 0. The molecule has 2 N–H and O–H groups in total. The van der Waals surface area contributed by atoms with Crippen LogP contribution in [0, 0.1) is 0 Å². The van der Waals surface area contributed by atoms with Gasteiger partial charge in [0.1, 0.15) is 0 Å². The van der Waals surface area contributed by atoms with E-state index in [1.165, 1.54) is 0 Å². The normalized spacial score (nSPS) is 14.9. The highest BCUT2D eigenvalue weighted by molar-refractivity contribution is 6.00. The molecule has 0 saturated carbocycles. The molecule has 6 nitrogen and oxygen atoms in total. The third-order valence-electron chi connectivity index (χ3n) is 5.74. The third kappa shape index (κ3) is 3.15. The van der Waals surface area contributed by atoms with Crippen LogP contribution in [0.4, 0.5) is 0 Å². The molecule has 5 rings (SSSR count). The molecule has 1 aliphatic carbocycles. The molecule has 1 aliphatic heterocycles. The number of ether oxygens (including phenoxy) is 1. The molecule has 0 bridgehead atoms. The number of carbonyl (C=O) groups is 2. The first-order valence-corrected chi connectivity index (χ1v) is 10.0. The zero-order chi connectivity index (χ0) is 20.7. The maximum absolute atomic E-state index is 13.0. The summed E-state index contributed by atoms with van der Waals surface area (Å²) < 4.78 is 5.35. The predicted molar refractivity (Wildman–Crippen MR) is 113 cm³/mol. The summed E-state index contributed by atoms with van der Waals surface area (Å²) in [4.78, 5) is 31.8. The number of hydrogen-bond acceptors (Lipinski definition) is 4. The van der Waals surface area contributed by atoms with E-state index in [9.17, 15) is 9.59 Å². The summed E-state index contributed by atoms with van der Waals surface area (Å²) >= 11 is 0. The highest BCUT2D eigenvalue weighted by Gasteiger charge is 2.28. The predicted octanol–water partition coefficient (Wildman–Crippen LogP) is 2.89. The van der Waals surface area contributed by atoms with Crippen LogP contribution in [0.5, 0.6) is 0 Å². The Bertz CT molecular complexity index is 1150. The van der Waals surface area contributed by atoms with Crippen molar-refractivity contribution in [3.8, 4) is 22.5 Å². The molecule has 3 aromatic rings. The third-order valence-corrected chi connectivity index (χ3v) is 5.74. The Balaban J connectivity index is 1.60. The minimum Gasteiger partial charge on any atom is -0.378 e. The Morgan fingerprint density at radius 2 is 1.77 bits per heavy atom. The van der Waals surface area contributed by atoms with Gasteiger partial charge in [-0.1, -0.05) is 36.4 Å². The number of fused-ring (bicyclic) bond motifs is 3. The Hall–Kier alpha value is -3.51. The minimum absolute atomic E-state index is 0.0103. The first kappa shape index (κ1) is 18.5. The van der Waals surface area contributed by atoms with Crippen molar-refractivity contribution in [2.24, 2.45) is 5.73 Å². The van der Waals surface area contributed by atoms with E-state index in [0.717, 1.165) is 27.9 Å². The van der Waals surface area contributed by atoms with Gasteiger partial charge in [-0.2, -0.15) is 0 Å². The van der Waals surface area contributed by atoms with Crippen molar-refractivity contribution >= 4 is 11.8 Å². The van der Waals surface area contributed by atoms with E-state index >= 15 is 0 Å². The summed E-state index contributed by atoms with van der Waals surface area (Å²) in [6.07, 6.45) is 0.580. The minimum atomic E-state index is -0.469. The van der Waals surface area contributed by atoms with E-state index in [1.54, 1.807) is 6.07 Å². The maximum atomic E-state index is 13.0. The highest BCUT2D eigenvalue weighted by Crippen LogP contribution is 2.39. The van der Waals surface area contributed by atoms with Gasteiger partial charge in [0.25, 0.3) is 5.91 Å². The van der Waals surface area contributed by atoms with Gasteiger partial charge in [-0.05, 0) is 29.3 Å². The van der Waals surface area contributed by atoms with Gasteiger partial charge in [-0.15, -0.1) is 0 Å². The number of benzene rings is 2. The van der Waals surface area contributed by atoms with Crippen LogP contribution in [-0.2, 0) is 11.2 Å². The van der Waals surface area contributed by atoms with Gasteiger partial charge in [-0.25, -0.2) is 4.98 Å². The summed E-state index contributed by atoms with van der Waals surface area (Å²) in [5.41, 5.74) is 11.9. The largest absolute Gasteiger partial charge is 0.378 e. The first-order chi connectivity index (χ1) is 14.6. The Morgan fingerprint density at radius 1 is 1.00 bits per heavy atom. The number of amides is 2. The van der Waals surface area contributed by atoms with Crippen LogP contribution in [0.1, 0.15) is 31.8 Å². The van der Waals surface area contributed by atoms with Crippen LogP contribution in [-0.4, -0.2) is 48.0 Å². The van der Waals surface area contributed by atoms with Gasteiger partial charge in [0, 0.05) is 41.8 Å². The molecule has 2 aromatic carbocycles. The van der Waals surface area contributed by atoms with Crippen LogP contribution in [0.3, 0.4) is 0 Å². The smallest absolute Gasteiger partial charge is 0.254 e. The number of morpholine rings is 1. The lowest BCUT2D eigenvalue weighted by Crippen LogP contribution is -2.40. The molecule has 1 aromatic heterocycles. The van der Waals surface area contributed by atoms with E-state index < -0.39 is 5.91 Å². The van der Waals surface area contributed by atoms with E-state index in [1.807, 2.05) is 53.4 Å². The Kier molecular flexibility index (Phi) is 4.56. The van der Waals surface area contributed by atoms with Gasteiger partial charge in [-0.3, -0.25) is 9.59 Å². The Morgan fingerprint density at radius 3 is 2.50 bits per heavy atom. The van der Waals surface area contributed by atoms with Crippen LogP contribution >= 0.6 is 0 Å². The van der Waals surface area contributed by atoms with Crippen molar-refractivity contribution in [3.05, 3.63) is 76.9 Å². The van der Waals surface area contributed by atoms with Gasteiger partial charge >= 0.3 is 0 Å². The number of nitrogens with two attached hydrogens (primary N) is 1. The number of pyridine rings is 1. The zero-order valence-electron chi connectivity index (χ0n) is 16.4. The fourth-order valence-corrected chi connectivity index (χ4v) is 4.17. The molecular weight excluding hydrogens is 378 g/mol. The van der Waals surface area contributed by atoms with Gasteiger partial charge in [0.15, 0.2) is 0 Å². The van der Waals surface area contributed by atoms with Crippen LogP contribution in [0.25, 0.3) is 22.5 Å². The van der Waals surface area contributed by atoms with Crippen LogP contribution < -0.4 is 5.73 Å². The van der Waals surface area contributed by atoms with Crippen molar-refractivity contribution in [2.75, 3.05) is 26.3 Å². The standard InChI is InChI=1S/C24H21N3O3/c25-23(28)20-14-21(15-4-2-1-3-5-15)26-22-18-13-17(7-6-16(18)12-19(20)22)24(29)27-8-10-30-11-9-27/h1-7,13-14H,8-12H2,(H2,25,28). The van der Waals surface area contributed by atoms with Gasteiger partial charge < -0.3 is 15.4 Å². The fourth-order valence-electron chi connectivity index (χ4n) is 4.17. The average molecular weight is 399 g/mol. The molecule has 0 spiro atoms. The van der Waals surface area contributed by atoms with Crippen molar-refractivity contribution in [3.63, 3.8) is 0 Å². The topological polar surface area (TPSA) is 85.5 Å². The van der Waals surface area contributed by atoms with Gasteiger partial charge in [0.05, 0.1) is 24.6 Å². The van der Waals surface area contributed by atoms with Gasteiger partial charge in [0.2, 0.25) is 5.91 Å². The number of primary amides is 1. The van der Waals surface area contributed by atoms with E-state index in [-0.39, 0.29) is 5.91 Å². The molecule has 2 amide bonds. The van der Waals surface area contributed by atoms with Crippen LogP contribution in [0.15, 0.2) is 54.6 Å². The summed E-state index contributed by atoms with van der Waals surface area (Å²) in [5.74, 6) is -0.479. The molecule has 1 saturated heterocycles. The number of hydrogen-bond donors (Lipinski definition) is 1. The Labute approximate surface area is 174 Å². The van der Waals surface area contributed by atoms with E-state index in [4.69, 9.17) is 15.5 Å². The lowest BCUT2D eigenvalue weighted by Gasteiger charge is -2.27. The molecule has 1 fully saturated rings. The lowest BCUT2D eigenvalue weighted by atomic mass is 10.0. The SMILES string of the molecule is NC(=O)c1cc(-c2ccccc2)nc2c1Cc1ccc(C(=O)N3CCOCC3)cc1-2. The molecule has 2 heterocycles. The second kappa shape index (κ2) is 7.39. The van der Waals surface area contributed by atoms with Crippen molar-refractivity contribution in [1.82, 2.24) is 9.88 Å². The summed E-state index contributed by atoms with van der Waals surface area (Å²) in [5, 5.41) is 0. The van der Waals surface area contributed by atoms with Crippen molar-refractivity contribution in [1.29, 1.82) is 0 Å². The first-order valence-electron chi connectivity index (χ1n) is 10.0. The quantitative estimate of drug-likeness (QED) is 0.574. The monoisotopic (exact) mass is 399 g/mol. The maximum Gasteiger partial charge on any atom is 0.254 e. The summed E-state index contributed by atoms with van der Waals surface area (Å²) in [6, 6.07) is 17.2. The van der Waals surface area contributed by atoms with Crippen LogP contribution in [0.2, 0.25) is 0 Å². The van der Waals surface area contributed by atoms with Crippen molar-refractivity contribution in [2.45, 2.75) is 6.42 Å². The number of rotatable bonds is 3. The second-order valence-corrected chi connectivity index (χ2v) is 7.57. The number of aromatic nitrogens is 1. The summed E-state index contributed by atoms with van der Waals surface area (Å²) in [6.45, 7) is 2.30. The second-order valence-electron chi connectivity index (χ2n) is 7.57. The number of carbonyl (C=O) groups excluding carboxylic acids is 2. The number of nitrogens with zero attached hydrogens (tertiary/aromatic N) is 2. The molecule has 0 atom stereocenters. The molecule has 150 valence electrons. The molecule has 6 heteroatoms. The zero-order valence-corrected chi connectivity index (χ0v) is 16.4. The van der Waals surface area contributed by atoms with E-state index in [2.05, 4.69) is 0 Å². The molecule has 0 radical (unpaired) electrons. The fraction of sp³-hybridized carbons (Fsp3) is 0.208.